The van der Waals surface area contributed by atoms with Gasteiger partial charge in [0.15, 0.2) is 5.96 Å². The standard InChI is InChI=1S/C15H34N4.HI/c1-6-14(2)18-15(16-3)17-12-10-8-7-9-11-13-19(4)5;/h14H,6-13H2,1-5H3,(H2,16,17,18);1H. The van der Waals surface area contributed by atoms with Crippen LogP contribution < -0.4 is 10.6 Å². The summed E-state index contributed by atoms with van der Waals surface area (Å²) < 4.78 is 0. The molecular formula is C15H35IN4. The van der Waals surface area contributed by atoms with Crippen molar-refractivity contribution in [2.24, 2.45) is 4.99 Å². The van der Waals surface area contributed by atoms with Gasteiger partial charge < -0.3 is 15.5 Å². The summed E-state index contributed by atoms with van der Waals surface area (Å²) >= 11 is 0. The highest BCUT2D eigenvalue weighted by atomic mass is 127. The Kier molecular flexibility index (Phi) is 17.1. The van der Waals surface area contributed by atoms with Gasteiger partial charge in [-0.1, -0.05) is 26.2 Å². The van der Waals surface area contributed by atoms with Crippen molar-refractivity contribution in [3.8, 4) is 0 Å². The van der Waals surface area contributed by atoms with Crippen molar-refractivity contribution in [2.45, 2.75) is 58.4 Å². The van der Waals surface area contributed by atoms with Crippen molar-refractivity contribution in [1.29, 1.82) is 0 Å². The van der Waals surface area contributed by atoms with E-state index < -0.39 is 0 Å². The maximum absolute atomic E-state index is 4.23. The summed E-state index contributed by atoms with van der Waals surface area (Å²) in [5, 5.41) is 6.75. The van der Waals surface area contributed by atoms with Gasteiger partial charge in [0.25, 0.3) is 0 Å². The Morgan fingerprint density at radius 2 is 1.70 bits per heavy atom. The lowest BCUT2D eigenvalue weighted by molar-refractivity contribution is 0.389. The van der Waals surface area contributed by atoms with Crippen LogP contribution in [-0.2, 0) is 0 Å². The van der Waals surface area contributed by atoms with Crippen LogP contribution in [0.5, 0.6) is 0 Å². The molecule has 2 N–H and O–H groups in total. The van der Waals surface area contributed by atoms with Crippen LogP contribution in [-0.4, -0.2) is 51.1 Å². The molecule has 0 saturated heterocycles. The first-order valence-corrected chi connectivity index (χ1v) is 7.72. The first-order valence-electron chi connectivity index (χ1n) is 7.72. The van der Waals surface area contributed by atoms with E-state index in [4.69, 9.17) is 0 Å². The largest absolute Gasteiger partial charge is 0.356 e. The predicted octanol–water partition coefficient (Wildman–Crippen LogP) is 3.08. The van der Waals surface area contributed by atoms with Crippen molar-refractivity contribution >= 4 is 29.9 Å². The smallest absolute Gasteiger partial charge is 0.191 e. The zero-order chi connectivity index (χ0) is 14.5. The summed E-state index contributed by atoms with van der Waals surface area (Å²) in [4.78, 5) is 6.49. The second-order valence-corrected chi connectivity index (χ2v) is 5.52. The van der Waals surface area contributed by atoms with Crippen molar-refractivity contribution in [1.82, 2.24) is 15.5 Å². The molecule has 1 unspecified atom stereocenters. The van der Waals surface area contributed by atoms with E-state index >= 15 is 0 Å². The Balaban J connectivity index is 0. The number of aliphatic imine (C=N–C) groups is 1. The molecule has 0 spiro atoms. The van der Waals surface area contributed by atoms with Gasteiger partial charge in [0.2, 0.25) is 0 Å². The quantitative estimate of drug-likeness (QED) is 0.257. The van der Waals surface area contributed by atoms with Crippen molar-refractivity contribution in [2.75, 3.05) is 34.2 Å². The summed E-state index contributed by atoms with van der Waals surface area (Å²) in [5.41, 5.74) is 0. The molecule has 0 heterocycles. The maximum Gasteiger partial charge on any atom is 0.191 e. The highest BCUT2D eigenvalue weighted by molar-refractivity contribution is 14.0. The molecule has 0 aromatic heterocycles. The summed E-state index contributed by atoms with van der Waals surface area (Å²) in [5.74, 6) is 0.932. The molecule has 0 amide bonds. The van der Waals surface area contributed by atoms with E-state index in [9.17, 15) is 0 Å². The first-order chi connectivity index (χ1) is 9.10. The lowest BCUT2D eigenvalue weighted by Gasteiger charge is -2.16. The van der Waals surface area contributed by atoms with Gasteiger partial charge in [-0.15, -0.1) is 24.0 Å². The lowest BCUT2D eigenvalue weighted by Crippen LogP contribution is -2.42. The molecule has 0 aromatic rings. The zero-order valence-electron chi connectivity index (χ0n) is 14.0. The molecule has 0 aliphatic heterocycles. The number of rotatable bonds is 10. The van der Waals surface area contributed by atoms with Gasteiger partial charge in [-0.05, 0) is 46.8 Å². The van der Waals surface area contributed by atoms with Crippen LogP contribution >= 0.6 is 24.0 Å². The monoisotopic (exact) mass is 398 g/mol. The third-order valence-electron chi connectivity index (χ3n) is 3.29. The molecule has 0 aliphatic carbocycles. The summed E-state index contributed by atoms with van der Waals surface area (Å²) in [6, 6.07) is 0.484. The van der Waals surface area contributed by atoms with Crippen LogP contribution in [0.2, 0.25) is 0 Å². The number of nitrogens with zero attached hydrogens (tertiary/aromatic N) is 2. The van der Waals surface area contributed by atoms with E-state index in [0.717, 1.165) is 18.9 Å². The molecule has 20 heavy (non-hydrogen) atoms. The number of hydrogen-bond donors (Lipinski definition) is 2. The van der Waals surface area contributed by atoms with Gasteiger partial charge in [-0.25, -0.2) is 0 Å². The molecule has 0 aromatic carbocycles. The van der Waals surface area contributed by atoms with Gasteiger partial charge in [0, 0.05) is 19.6 Å². The maximum atomic E-state index is 4.23. The molecule has 122 valence electrons. The Labute approximate surface area is 143 Å². The lowest BCUT2D eigenvalue weighted by atomic mass is 10.1. The number of halogens is 1. The predicted molar refractivity (Wildman–Crippen MR) is 101 cm³/mol. The van der Waals surface area contributed by atoms with E-state index in [1.807, 2.05) is 7.05 Å². The van der Waals surface area contributed by atoms with Gasteiger partial charge in [-0.3, -0.25) is 4.99 Å². The van der Waals surface area contributed by atoms with Crippen molar-refractivity contribution in [3.05, 3.63) is 0 Å². The number of hydrogen-bond acceptors (Lipinski definition) is 2. The minimum absolute atomic E-state index is 0. The SMILES string of the molecule is CCC(C)NC(=NC)NCCCCCCCN(C)C.I. The van der Waals surface area contributed by atoms with Crippen LogP contribution in [0.15, 0.2) is 4.99 Å². The van der Waals surface area contributed by atoms with Gasteiger partial charge in [-0.2, -0.15) is 0 Å². The average Bonchev–Trinajstić information content (AvgIpc) is 2.39. The second kappa shape index (κ2) is 15.4. The van der Waals surface area contributed by atoms with Crippen LogP contribution in [0.4, 0.5) is 0 Å². The molecule has 1 atom stereocenters. The summed E-state index contributed by atoms with van der Waals surface area (Å²) in [6.07, 6.45) is 7.65. The molecule has 0 aliphatic rings. The Morgan fingerprint density at radius 3 is 2.25 bits per heavy atom. The molecule has 4 nitrogen and oxygen atoms in total. The normalized spacial score (nSPS) is 13.0. The molecule has 0 rings (SSSR count). The van der Waals surface area contributed by atoms with Crippen LogP contribution in [0.1, 0.15) is 52.4 Å². The van der Waals surface area contributed by atoms with Gasteiger partial charge in [0.05, 0.1) is 0 Å². The van der Waals surface area contributed by atoms with E-state index in [1.165, 1.54) is 38.6 Å². The highest BCUT2D eigenvalue weighted by Crippen LogP contribution is 2.02. The van der Waals surface area contributed by atoms with Crippen molar-refractivity contribution in [3.63, 3.8) is 0 Å². The fourth-order valence-electron chi connectivity index (χ4n) is 1.82. The van der Waals surface area contributed by atoms with E-state index in [0.29, 0.717) is 6.04 Å². The average molecular weight is 398 g/mol. The Morgan fingerprint density at radius 1 is 1.10 bits per heavy atom. The number of nitrogens with one attached hydrogen (secondary N) is 2. The highest BCUT2D eigenvalue weighted by Gasteiger charge is 2.01. The van der Waals surface area contributed by atoms with Crippen LogP contribution in [0.3, 0.4) is 0 Å². The van der Waals surface area contributed by atoms with E-state index in [1.54, 1.807) is 0 Å². The number of unbranched alkanes of at least 4 members (excludes halogenated alkanes) is 4. The second-order valence-electron chi connectivity index (χ2n) is 5.52. The third-order valence-corrected chi connectivity index (χ3v) is 3.29. The van der Waals surface area contributed by atoms with Crippen molar-refractivity contribution < 1.29 is 0 Å². The third kappa shape index (κ3) is 14.4. The number of guanidine groups is 1. The zero-order valence-corrected chi connectivity index (χ0v) is 16.4. The summed E-state index contributed by atoms with van der Waals surface area (Å²) in [6.45, 7) is 6.59. The molecule has 0 bridgehead atoms. The topological polar surface area (TPSA) is 39.7 Å². The van der Waals surface area contributed by atoms with Gasteiger partial charge in [0.1, 0.15) is 0 Å². The first kappa shape index (κ1) is 22.2. The molecular weight excluding hydrogens is 363 g/mol. The van der Waals surface area contributed by atoms with E-state index in [2.05, 4.69) is 48.5 Å². The van der Waals surface area contributed by atoms with Crippen LogP contribution in [0, 0.1) is 0 Å². The minimum Gasteiger partial charge on any atom is -0.356 e. The summed E-state index contributed by atoms with van der Waals surface area (Å²) in [7, 11) is 6.11. The molecule has 5 heteroatoms. The van der Waals surface area contributed by atoms with Gasteiger partial charge >= 0.3 is 0 Å². The molecule has 0 fully saturated rings. The minimum atomic E-state index is 0. The molecule has 0 saturated carbocycles. The fraction of sp³-hybridized carbons (Fsp3) is 0.933. The van der Waals surface area contributed by atoms with E-state index in [-0.39, 0.29) is 24.0 Å². The molecule has 0 radical (unpaired) electrons. The van der Waals surface area contributed by atoms with Crippen LogP contribution in [0.25, 0.3) is 0 Å². The Bertz CT molecular complexity index is 232. The Hall–Kier alpha value is -0.0400. The fourth-order valence-corrected chi connectivity index (χ4v) is 1.82.